The average Bonchev–Trinajstić information content (AvgIpc) is 2.58. The van der Waals surface area contributed by atoms with Gasteiger partial charge in [0.25, 0.3) is 0 Å². The number of carboxylic acid groups (broad SMARTS) is 1. The molecular weight excluding hydrogens is 295 g/mol. The van der Waals surface area contributed by atoms with Gasteiger partial charge in [-0.2, -0.15) is 0 Å². The summed E-state index contributed by atoms with van der Waals surface area (Å²) in [7, 11) is 0. The topological polar surface area (TPSA) is 53.4 Å². The van der Waals surface area contributed by atoms with Gasteiger partial charge in [-0.1, -0.05) is 30.7 Å². The van der Waals surface area contributed by atoms with Crippen molar-refractivity contribution in [1.82, 2.24) is 9.88 Å². The van der Waals surface area contributed by atoms with E-state index < -0.39 is 18.1 Å². The Balaban J connectivity index is 2.08. The molecule has 2 atom stereocenters. The minimum Gasteiger partial charge on any atom is -0.480 e. The van der Waals surface area contributed by atoms with E-state index in [1.807, 2.05) is 17.0 Å². The van der Waals surface area contributed by atoms with Crippen LogP contribution in [-0.2, 0) is 4.79 Å². The van der Waals surface area contributed by atoms with Crippen LogP contribution in [0, 0.1) is 5.82 Å². The molecule has 5 heteroatoms. The third-order valence-electron chi connectivity index (χ3n) is 4.33. The number of aromatic nitrogens is 1. The van der Waals surface area contributed by atoms with Crippen LogP contribution < -0.4 is 0 Å². The van der Waals surface area contributed by atoms with Crippen molar-refractivity contribution in [3.05, 3.63) is 65.7 Å². The number of hydrogen-bond donors (Lipinski definition) is 1. The number of pyridine rings is 1. The van der Waals surface area contributed by atoms with Crippen LogP contribution in [0.4, 0.5) is 4.39 Å². The standard InChI is InChI=1S/C18H19FN2O2/c19-14-8-2-1-7-13(14)17(15-9-3-5-11-20-15)21-12-6-4-10-16(21)18(22)23/h1-3,5,7-9,11,16-17H,4,6,10,12H2,(H,22,23). The maximum atomic E-state index is 14.4. The number of carbonyl (C=O) groups is 1. The third-order valence-corrected chi connectivity index (χ3v) is 4.33. The number of likely N-dealkylation sites (tertiary alicyclic amines) is 1. The fourth-order valence-electron chi connectivity index (χ4n) is 3.27. The number of piperidine rings is 1. The molecule has 4 nitrogen and oxygen atoms in total. The smallest absolute Gasteiger partial charge is 0.320 e. The molecule has 0 bridgehead atoms. The first-order valence-corrected chi connectivity index (χ1v) is 7.82. The third kappa shape index (κ3) is 3.24. The average molecular weight is 314 g/mol. The molecule has 3 rings (SSSR count). The lowest BCUT2D eigenvalue weighted by atomic mass is 9.94. The molecule has 0 radical (unpaired) electrons. The molecule has 1 aliphatic heterocycles. The monoisotopic (exact) mass is 314 g/mol. The molecule has 0 saturated carbocycles. The van der Waals surface area contributed by atoms with E-state index in [1.54, 1.807) is 30.5 Å². The van der Waals surface area contributed by atoms with Gasteiger partial charge in [-0.15, -0.1) is 0 Å². The maximum Gasteiger partial charge on any atom is 0.320 e. The zero-order chi connectivity index (χ0) is 16.2. The van der Waals surface area contributed by atoms with Crippen molar-refractivity contribution in [3.8, 4) is 0 Å². The molecule has 1 N–H and O–H groups in total. The zero-order valence-corrected chi connectivity index (χ0v) is 12.7. The van der Waals surface area contributed by atoms with Gasteiger partial charge in [-0.3, -0.25) is 14.7 Å². The number of carboxylic acids is 1. The highest BCUT2D eigenvalue weighted by Crippen LogP contribution is 2.34. The minimum atomic E-state index is -0.859. The van der Waals surface area contributed by atoms with Gasteiger partial charge in [0.05, 0.1) is 11.7 Å². The van der Waals surface area contributed by atoms with E-state index in [-0.39, 0.29) is 5.82 Å². The largest absolute Gasteiger partial charge is 0.480 e. The van der Waals surface area contributed by atoms with Crippen molar-refractivity contribution in [2.24, 2.45) is 0 Å². The predicted molar refractivity (Wildman–Crippen MR) is 84.5 cm³/mol. The van der Waals surface area contributed by atoms with Gasteiger partial charge in [0.15, 0.2) is 0 Å². The molecule has 0 aliphatic carbocycles. The first-order valence-electron chi connectivity index (χ1n) is 7.82. The molecule has 1 aromatic carbocycles. The van der Waals surface area contributed by atoms with E-state index in [4.69, 9.17) is 0 Å². The molecule has 1 saturated heterocycles. The molecule has 120 valence electrons. The molecule has 1 aromatic heterocycles. The molecule has 1 fully saturated rings. The number of nitrogens with zero attached hydrogens (tertiary/aromatic N) is 2. The summed E-state index contributed by atoms with van der Waals surface area (Å²) < 4.78 is 14.4. The SMILES string of the molecule is O=C(O)C1CCCCN1C(c1ccccn1)c1ccccc1F. The fourth-order valence-corrected chi connectivity index (χ4v) is 3.27. The Morgan fingerprint density at radius 1 is 1.22 bits per heavy atom. The summed E-state index contributed by atoms with van der Waals surface area (Å²) in [5, 5.41) is 9.56. The Morgan fingerprint density at radius 3 is 2.70 bits per heavy atom. The molecule has 2 aromatic rings. The van der Waals surface area contributed by atoms with E-state index in [0.717, 1.165) is 12.8 Å². The maximum absolute atomic E-state index is 14.4. The van der Waals surface area contributed by atoms with Crippen molar-refractivity contribution in [3.63, 3.8) is 0 Å². The summed E-state index contributed by atoms with van der Waals surface area (Å²) in [5.41, 5.74) is 1.14. The van der Waals surface area contributed by atoms with Crippen LogP contribution in [0.5, 0.6) is 0 Å². The Morgan fingerprint density at radius 2 is 2.00 bits per heavy atom. The van der Waals surface area contributed by atoms with Gasteiger partial charge in [0, 0.05) is 11.8 Å². The molecule has 1 aliphatic rings. The van der Waals surface area contributed by atoms with Crippen molar-refractivity contribution in [2.75, 3.05) is 6.54 Å². The molecular formula is C18H19FN2O2. The first-order chi connectivity index (χ1) is 11.2. The fraction of sp³-hybridized carbons (Fsp3) is 0.333. The number of hydrogen-bond acceptors (Lipinski definition) is 3. The highest BCUT2D eigenvalue weighted by Gasteiger charge is 2.36. The number of aliphatic carboxylic acids is 1. The van der Waals surface area contributed by atoms with Gasteiger partial charge in [-0.25, -0.2) is 4.39 Å². The van der Waals surface area contributed by atoms with Gasteiger partial charge < -0.3 is 5.11 Å². The molecule has 2 heterocycles. The summed E-state index contributed by atoms with van der Waals surface area (Å²) >= 11 is 0. The van der Waals surface area contributed by atoms with E-state index in [0.29, 0.717) is 24.2 Å². The van der Waals surface area contributed by atoms with Crippen LogP contribution >= 0.6 is 0 Å². The highest BCUT2D eigenvalue weighted by molar-refractivity contribution is 5.73. The van der Waals surface area contributed by atoms with Crippen molar-refractivity contribution in [2.45, 2.75) is 31.3 Å². The van der Waals surface area contributed by atoms with Crippen LogP contribution in [0.2, 0.25) is 0 Å². The van der Waals surface area contributed by atoms with E-state index in [1.165, 1.54) is 6.07 Å². The van der Waals surface area contributed by atoms with Crippen LogP contribution in [0.25, 0.3) is 0 Å². The van der Waals surface area contributed by atoms with E-state index >= 15 is 0 Å². The zero-order valence-electron chi connectivity index (χ0n) is 12.7. The summed E-state index contributed by atoms with van der Waals surface area (Å²) in [6.07, 6.45) is 4.01. The summed E-state index contributed by atoms with van der Waals surface area (Å²) in [4.78, 5) is 17.9. The van der Waals surface area contributed by atoms with Gasteiger partial charge in [-0.05, 0) is 37.6 Å². The predicted octanol–water partition coefficient (Wildman–Crippen LogP) is 3.25. The second-order valence-electron chi connectivity index (χ2n) is 5.77. The minimum absolute atomic E-state index is 0.335. The lowest BCUT2D eigenvalue weighted by molar-refractivity contribution is -0.145. The second kappa shape index (κ2) is 6.87. The molecule has 23 heavy (non-hydrogen) atoms. The van der Waals surface area contributed by atoms with Crippen molar-refractivity contribution < 1.29 is 14.3 Å². The van der Waals surface area contributed by atoms with Crippen molar-refractivity contribution >= 4 is 5.97 Å². The lowest BCUT2D eigenvalue weighted by Crippen LogP contribution is -2.47. The lowest BCUT2D eigenvalue weighted by Gasteiger charge is -2.39. The Kier molecular flexibility index (Phi) is 4.67. The second-order valence-corrected chi connectivity index (χ2v) is 5.77. The van der Waals surface area contributed by atoms with E-state index in [9.17, 15) is 14.3 Å². The molecule has 0 amide bonds. The van der Waals surface area contributed by atoms with Crippen LogP contribution in [-0.4, -0.2) is 33.5 Å². The van der Waals surface area contributed by atoms with E-state index in [2.05, 4.69) is 4.98 Å². The van der Waals surface area contributed by atoms with Gasteiger partial charge in [0.1, 0.15) is 11.9 Å². The quantitative estimate of drug-likeness (QED) is 0.941. The normalized spacial score (nSPS) is 20.1. The molecule has 2 unspecified atom stereocenters. The van der Waals surface area contributed by atoms with Crippen LogP contribution in [0.3, 0.4) is 0 Å². The first kappa shape index (κ1) is 15.6. The Bertz CT molecular complexity index is 678. The Hall–Kier alpha value is -2.27. The highest BCUT2D eigenvalue weighted by atomic mass is 19.1. The van der Waals surface area contributed by atoms with Gasteiger partial charge >= 0.3 is 5.97 Å². The van der Waals surface area contributed by atoms with Crippen molar-refractivity contribution in [1.29, 1.82) is 0 Å². The molecule has 0 spiro atoms. The van der Waals surface area contributed by atoms with Crippen LogP contribution in [0.1, 0.15) is 36.6 Å². The van der Waals surface area contributed by atoms with Gasteiger partial charge in [0.2, 0.25) is 0 Å². The summed E-state index contributed by atoms with van der Waals surface area (Å²) in [6, 6.07) is 10.9. The summed E-state index contributed by atoms with van der Waals surface area (Å²) in [6.45, 7) is 0.618. The number of halogens is 1. The number of rotatable bonds is 4. The Labute approximate surface area is 134 Å². The summed E-state index contributed by atoms with van der Waals surface area (Å²) in [5.74, 6) is -1.19. The van der Waals surface area contributed by atoms with Crippen LogP contribution in [0.15, 0.2) is 48.7 Å². The number of benzene rings is 1.